The lowest BCUT2D eigenvalue weighted by molar-refractivity contribution is -0.130. The van der Waals surface area contributed by atoms with E-state index in [0.29, 0.717) is 24.5 Å². The molecule has 0 saturated carbocycles. The number of rotatable bonds is 9. The standard InChI is InChI=1S/C23H25NO6/c1-15-6-4-5-7-17(15)19-13-22(25)30-20-12-16(8-9-18(19)20)29-21(14-28-3)23(26)24-10-11-27-2/h4-9,12-13,21H,10-11,14H2,1-3H3,(H,24,26). The van der Waals surface area contributed by atoms with Crippen molar-refractivity contribution < 1.29 is 23.4 Å². The van der Waals surface area contributed by atoms with E-state index in [0.717, 1.165) is 22.1 Å². The van der Waals surface area contributed by atoms with Crippen molar-refractivity contribution in [2.75, 3.05) is 34.0 Å². The maximum Gasteiger partial charge on any atom is 0.336 e. The second kappa shape index (κ2) is 10.0. The lowest BCUT2D eigenvalue weighted by Gasteiger charge is -2.18. The third-order valence-corrected chi connectivity index (χ3v) is 4.65. The summed E-state index contributed by atoms with van der Waals surface area (Å²) in [4.78, 5) is 24.5. The van der Waals surface area contributed by atoms with Crippen molar-refractivity contribution in [2.24, 2.45) is 0 Å². The molecule has 0 aliphatic carbocycles. The number of hydrogen-bond acceptors (Lipinski definition) is 6. The predicted molar refractivity (Wildman–Crippen MR) is 114 cm³/mol. The van der Waals surface area contributed by atoms with Crippen LogP contribution in [0.15, 0.2) is 57.7 Å². The molecule has 1 amide bonds. The minimum atomic E-state index is -0.851. The Bertz CT molecular complexity index is 1070. The molecule has 1 unspecified atom stereocenters. The average Bonchev–Trinajstić information content (AvgIpc) is 2.73. The van der Waals surface area contributed by atoms with Crippen LogP contribution in [0.1, 0.15) is 5.56 Å². The topological polar surface area (TPSA) is 87.0 Å². The number of benzene rings is 2. The number of methoxy groups -OCH3 is 2. The average molecular weight is 411 g/mol. The molecule has 3 aromatic rings. The molecule has 2 aromatic carbocycles. The van der Waals surface area contributed by atoms with Gasteiger partial charge in [0.15, 0.2) is 6.10 Å². The van der Waals surface area contributed by atoms with Crippen molar-refractivity contribution >= 4 is 16.9 Å². The summed E-state index contributed by atoms with van der Waals surface area (Å²) >= 11 is 0. The van der Waals surface area contributed by atoms with E-state index < -0.39 is 11.7 Å². The molecule has 0 fully saturated rings. The molecule has 3 rings (SSSR count). The van der Waals surface area contributed by atoms with Crippen molar-refractivity contribution in [1.29, 1.82) is 0 Å². The predicted octanol–water partition coefficient (Wildman–Crippen LogP) is 2.92. The van der Waals surface area contributed by atoms with Crippen LogP contribution in [0.25, 0.3) is 22.1 Å². The first-order valence-electron chi connectivity index (χ1n) is 9.59. The van der Waals surface area contributed by atoms with Crippen LogP contribution in [0.2, 0.25) is 0 Å². The zero-order valence-electron chi connectivity index (χ0n) is 17.3. The third-order valence-electron chi connectivity index (χ3n) is 4.65. The summed E-state index contributed by atoms with van der Waals surface area (Å²) in [6, 6.07) is 14.5. The highest BCUT2D eigenvalue weighted by atomic mass is 16.5. The van der Waals surface area contributed by atoms with Gasteiger partial charge in [-0.25, -0.2) is 4.79 Å². The van der Waals surface area contributed by atoms with E-state index in [9.17, 15) is 9.59 Å². The molecule has 158 valence electrons. The van der Waals surface area contributed by atoms with Gasteiger partial charge < -0.3 is 23.9 Å². The van der Waals surface area contributed by atoms with E-state index in [1.54, 1.807) is 19.2 Å². The molecule has 0 aliphatic rings. The highest BCUT2D eigenvalue weighted by Gasteiger charge is 2.21. The Morgan fingerprint density at radius 2 is 1.87 bits per heavy atom. The van der Waals surface area contributed by atoms with Gasteiger partial charge in [-0.3, -0.25) is 4.79 Å². The number of fused-ring (bicyclic) bond motifs is 1. The van der Waals surface area contributed by atoms with Gasteiger partial charge in [-0.15, -0.1) is 0 Å². The fourth-order valence-electron chi connectivity index (χ4n) is 3.18. The van der Waals surface area contributed by atoms with Crippen LogP contribution in [-0.2, 0) is 14.3 Å². The van der Waals surface area contributed by atoms with E-state index in [-0.39, 0.29) is 12.5 Å². The molecular weight excluding hydrogens is 386 g/mol. The van der Waals surface area contributed by atoms with Crippen molar-refractivity contribution in [3.8, 4) is 16.9 Å². The third kappa shape index (κ3) is 5.06. The summed E-state index contributed by atoms with van der Waals surface area (Å²) < 4.78 is 21.3. The first-order valence-corrected chi connectivity index (χ1v) is 9.59. The fraction of sp³-hybridized carbons (Fsp3) is 0.304. The largest absolute Gasteiger partial charge is 0.478 e. The van der Waals surface area contributed by atoms with Crippen molar-refractivity contribution in [3.05, 3.63) is 64.5 Å². The Kier molecular flexibility index (Phi) is 7.21. The van der Waals surface area contributed by atoms with Crippen LogP contribution in [0.3, 0.4) is 0 Å². The van der Waals surface area contributed by atoms with Gasteiger partial charge in [-0.2, -0.15) is 0 Å². The molecule has 0 bridgehead atoms. The summed E-state index contributed by atoms with van der Waals surface area (Å²) in [6.45, 7) is 2.83. The molecule has 1 N–H and O–H groups in total. The lowest BCUT2D eigenvalue weighted by Crippen LogP contribution is -2.42. The zero-order valence-corrected chi connectivity index (χ0v) is 17.3. The SMILES string of the molecule is COCCNC(=O)C(COC)Oc1ccc2c(-c3ccccc3C)cc(=O)oc2c1. The summed E-state index contributed by atoms with van der Waals surface area (Å²) in [5.74, 6) is 0.0839. The normalized spacial score (nSPS) is 12.0. The van der Waals surface area contributed by atoms with E-state index in [1.165, 1.54) is 13.2 Å². The number of carbonyl (C=O) groups excluding carboxylic acids is 1. The number of amides is 1. The number of ether oxygens (including phenoxy) is 3. The smallest absolute Gasteiger partial charge is 0.336 e. The monoisotopic (exact) mass is 411 g/mol. The molecule has 7 nitrogen and oxygen atoms in total. The molecule has 7 heteroatoms. The van der Waals surface area contributed by atoms with Gasteiger partial charge in [0, 0.05) is 43.8 Å². The Morgan fingerprint density at radius 1 is 1.07 bits per heavy atom. The van der Waals surface area contributed by atoms with E-state index in [4.69, 9.17) is 18.6 Å². The van der Waals surface area contributed by atoms with Crippen LogP contribution < -0.4 is 15.7 Å². The maximum atomic E-state index is 12.4. The van der Waals surface area contributed by atoms with Gasteiger partial charge in [0.2, 0.25) is 0 Å². The quantitative estimate of drug-likeness (QED) is 0.430. The Morgan fingerprint density at radius 3 is 2.60 bits per heavy atom. The van der Waals surface area contributed by atoms with Crippen LogP contribution in [0, 0.1) is 6.92 Å². The Labute approximate surface area is 174 Å². The fourth-order valence-corrected chi connectivity index (χ4v) is 3.18. The molecule has 1 aromatic heterocycles. The lowest BCUT2D eigenvalue weighted by atomic mass is 9.98. The molecular formula is C23H25NO6. The molecule has 0 spiro atoms. The highest BCUT2D eigenvalue weighted by molar-refractivity contribution is 5.94. The van der Waals surface area contributed by atoms with Crippen molar-refractivity contribution in [2.45, 2.75) is 13.0 Å². The molecule has 0 radical (unpaired) electrons. The van der Waals surface area contributed by atoms with E-state index in [1.807, 2.05) is 37.3 Å². The summed E-state index contributed by atoms with van der Waals surface area (Å²) in [7, 11) is 3.05. The first-order chi connectivity index (χ1) is 14.5. The number of nitrogens with one attached hydrogen (secondary N) is 1. The minimum Gasteiger partial charge on any atom is -0.478 e. The van der Waals surface area contributed by atoms with Crippen LogP contribution in [-0.4, -0.2) is 46.0 Å². The van der Waals surface area contributed by atoms with Gasteiger partial charge in [0.1, 0.15) is 11.3 Å². The van der Waals surface area contributed by atoms with Gasteiger partial charge in [0.05, 0.1) is 13.2 Å². The summed E-state index contributed by atoms with van der Waals surface area (Å²) in [5, 5.41) is 3.51. The molecule has 0 saturated heterocycles. The van der Waals surface area contributed by atoms with Gasteiger partial charge in [-0.05, 0) is 30.2 Å². The second-order valence-electron chi connectivity index (χ2n) is 6.80. The Hall–Kier alpha value is -3.16. The number of hydrogen-bond donors (Lipinski definition) is 1. The van der Waals surface area contributed by atoms with E-state index >= 15 is 0 Å². The minimum absolute atomic E-state index is 0.0735. The zero-order chi connectivity index (χ0) is 21.5. The molecule has 30 heavy (non-hydrogen) atoms. The van der Waals surface area contributed by atoms with E-state index in [2.05, 4.69) is 5.32 Å². The van der Waals surface area contributed by atoms with Crippen molar-refractivity contribution in [1.82, 2.24) is 5.32 Å². The van der Waals surface area contributed by atoms with Crippen LogP contribution in [0.4, 0.5) is 0 Å². The number of carbonyl (C=O) groups is 1. The van der Waals surface area contributed by atoms with Crippen LogP contribution >= 0.6 is 0 Å². The first kappa shape index (κ1) is 21.5. The van der Waals surface area contributed by atoms with Crippen LogP contribution in [0.5, 0.6) is 5.75 Å². The molecule has 1 heterocycles. The highest BCUT2D eigenvalue weighted by Crippen LogP contribution is 2.31. The second-order valence-corrected chi connectivity index (χ2v) is 6.80. The summed E-state index contributed by atoms with van der Waals surface area (Å²) in [5.41, 5.74) is 2.73. The van der Waals surface area contributed by atoms with Crippen molar-refractivity contribution in [3.63, 3.8) is 0 Å². The molecule has 1 atom stereocenters. The Balaban J connectivity index is 1.92. The maximum absolute atomic E-state index is 12.4. The summed E-state index contributed by atoms with van der Waals surface area (Å²) in [6.07, 6.45) is -0.851. The number of aryl methyl sites for hydroxylation is 1. The molecule has 0 aliphatic heterocycles. The van der Waals surface area contributed by atoms with Gasteiger partial charge in [0.25, 0.3) is 5.91 Å². The van der Waals surface area contributed by atoms with Gasteiger partial charge >= 0.3 is 5.63 Å². The van der Waals surface area contributed by atoms with Gasteiger partial charge in [-0.1, -0.05) is 24.3 Å².